The molecule has 18 heavy (non-hydrogen) atoms. The van der Waals surface area contributed by atoms with Gasteiger partial charge in [-0.25, -0.2) is 0 Å². The first-order valence-electron chi connectivity index (χ1n) is 5.88. The van der Waals surface area contributed by atoms with Crippen LogP contribution in [0.15, 0.2) is 12.1 Å². The van der Waals surface area contributed by atoms with Crippen LogP contribution in [0.25, 0.3) is 0 Å². The second kappa shape index (κ2) is 5.63. The highest BCUT2D eigenvalue weighted by molar-refractivity contribution is 6.29. The summed E-state index contributed by atoms with van der Waals surface area (Å²) in [6.45, 7) is 4.32. The van der Waals surface area contributed by atoms with Crippen molar-refractivity contribution in [2.45, 2.75) is 13.5 Å². The zero-order valence-electron chi connectivity index (χ0n) is 10.5. The van der Waals surface area contributed by atoms with E-state index in [9.17, 15) is 4.79 Å². The Morgan fingerprint density at radius 1 is 1.50 bits per heavy atom. The highest BCUT2D eigenvalue weighted by Gasteiger charge is 2.35. The number of likely N-dealkylation sites (tertiary alicyclic amines) is 1. The number of aromatic nitrogens is 2. The monoisotopic (exact) mass is 269 g/mol. The first-order chi connectivity index (χ1) is 8.60. The minimum absolute atomic E-state index is 0.0461. The number of ether oxygens (including phenoxy) is 1. The van der Waals surface area contributed by atoms with Gasteiger partial charge in [0.05, 0.1) is 18.7 Å². The molecular weight excluding hydrogens is 254 g/mol. The van der Waals surface area contributed by atoms with Crippen molar-refractivity contribution < 1.29 is 9.53 Å². The zero-order chi connectivity index (χ0) is 13.1. The lowest BCUT2D eigenvalue weighted by atomic mass is 9.99. The molecule has 1 fully saturated rings. The summed E-state index contributed by atoms with van der Waals surface area (Å²) >= 11 is 5.69. The molecule has 0 aliphatic carbocycles. The lowest BCUT2D eigenvalue weighted by Crippen LogP contribution is -2.24. The quantitative estimate of drug-likeness (QED) is 0.776. The predicted octanol–water partition coefficient (Wildman–Crippen LogP) is 1.37. The normalized spacial score (nSPS) is 24.2. The first-order valence-corrected chi connectivity index (χ1v) is 6.26. The first kappa shape index (κ1) is 13.2. The third kappa shape index (κ3) is 2.97. The Hall–Kier alpha value is -1.20. The van der Waals surface area contributed by atoms with Crippen molar-refractivity contribution in [1.82, 2.24) is 15.1 Å². The Labute approximate surface area is 111 Å². The van der Waals surface area contributed by atoms with E-state index in [1.807, 2.05) is 6.07 Å². The highest BCUT2D eigenvalue weighted by Crippen LogP contribution is 2.25. The van der Waals surface area contributed by atoms with E-state index in [0.29, 0.717) is 24.2 Å². The van der Waals surface area contributed by atoms with E-state index >= 15 is 0 Å². The number of hydrogen-bond donors (Lipinski definition) is 0. The Morgan fingerprint density at radius 3 is 2.89 bits per heavy atom. The SMILES string of the molecule is COC(=O)C1CN(Cc2ccc(Cl)nn2)CC1C. The van der Waals surface area contributed by atoms with Crippen molar-refractivity contribution in [3.8, 4) is 0 Å². The number of nitrogens with zero attached hydrogens (tertiary/aromatic N) is 3. The van der Waals surface area contributed by atoms with Crippen LogP contribution in [0.5, 0.6) is 0 Å². The molecule has 5 nitrogen and oxygen atoms in total. The Morgan fingerprint density at radius 2 is 2.28 bits per heavy atom. The van der Waals surface area contributed by atoms with Crippen LogP contribution in [0, 0.1) is 11.8 Å². The lowest BCUT2D eigenvalue weighted by molar-refractivity contribution is -0.146. The molecule has 0 N–H and O–H groups in total. The highest BCUT2D eigenvalue weighted by atomic mass is 35.5. The van der Waals surface area contributed by atoms with Crippen LogP contribution in [-0.4, -0.2) is 41.3 Å². The number of methoxy groups -OCH3 is 1. The van der Waals surface area contributed by atoms with Gasteiger partial charge in [-0.05, 0) is 18.1 Å². The standard InChI is InChI=1S/C12H16ClN3O2/c1-8-5-16(7-10(8)12(17)18-2)6-9-3-4-11(13)15-14-9/h3-4,8,10H,5-7H2,1-2H3. The summed E-state index contributed by atoms with van der Waals surface area (Å²) in [4.78, 5) is 13.8. The molecule has 1 aliphatic heterocycles. The Bertz CT molecular complexity index is 424. The van der Waals surface area contributed by atoms with Gasteiger partial charge >= 0.3 is 5.97 Å². The summed E-state index contributed by atoms with van der Waals surface area (Å²) < 4.78 is 4.81. The molecule has 0 saturated carbocycles. The summed E-state index contributed by atoms with van der Waals surface area (Å²) in [6, 6.07) is 3.58. The van der Waals surface area contributed by atoms with Gasteiger partial charge in [-0.2, -0.15) is 5.10 Å². The Balaban J connectivity index is 1.96. The minimum Gasteiger partial charge on any atom is -0.469 e. The van der Waals surface area contributed by atoms with Gasteiger partial charge < -0.3 is 4.74 Å². The summed E-state index contributed by atoms with van der Waals surface area (Å²) in [5, 5.41) is 8.21. The van der Waals surface area contributed by atoms with Crippen LogP contribution in [0.4, 0.5) is 0 Å². The average Bonchev–Trinajstić information content (AvgIpc) is 2.72. The average molecular weight is 270 g/mol. The predicted molar refractivity (Wildman–Crippen MR) is 67.0 cm³/mol. The summed E-state index contributed by atoms with van der Waals surface area (Å²) in [7, 11) is 1.43. The summed E-state index contributed by atoms with van der Waals surface area (Å²) in [5.74, 6) is 0.125. The molecule has 1 aromatic rings. The van der Waals surface area contributed by atoms with Crippen LogP contribution in [-0.2, 0) is 16.1 Å². The number of carbonyl (C=O) groups is 1. The molecule has 0 spiro atoms. The van der Waals surface area contributed by atoms with Crippen molar-refractivity contribution in [2.75, 3.05) is 20.2 Å². The zero-order valence-corrected chi connectivity index (χ0v) is 11.2. The fraction of sp³-hybridized carbons (Fsp3) is 0.583. The van der Waals surface area contributed by atoms with Crippen molar-refractivity contribution in [3.63, 3.8) is 0 Å². The summed E-state index contributed by atoms with van der Waals surface area (Å²) in [6.07, 6.45) is 0. The van der Waals surface area contributed by atoms with Crippen LogP contribution in [0.3, 0.4) is 0 Å². The molecule has 0 bridgehead atoms. The molecule has 1 aliphatic rings. The summed E-state index contributed by atoms with van der Waals surface area (Å²) in [5.41, 5.74) is 0.858. The number of esters is 1. The smallest absolute Gasteiger partial charge is 0.310 e. The van der Waals surface area contributed by atoms with Crippen LogP contribution in [0.1, 0.15) is 12.6 Å². The van der Waals surface area contributed by atoms with E-state index in [0.717, 1.165) is 12.2 Å². The maximum Gasteiger partial charge on any atom is 0.310 e. The van der Waals surface area contributed by atoms with Gasteiger partial charge in [-0.1, -0.05) is 18.5 Å². The van der Waals surface area contributed by atoms with Gasteiger partial charge in [0.2, 0.25) is 0 Å². The third-order valence-corrected chi connectivity index (χ3v) is 3.47. The molecule has 2 atom stereocenters. The number of halogens is 1. The Kier molecular flexibility index (Phi) is 4.14. The molecule has 1 saturated heterocycles. The molecule has 98 valence electrons. The second-order valence-electron chi connectivity index (χ2n) is 4.65. The molecule has 0 aromatic carbocycles. The number of carbonyl (C=O) groups excluding carboxylic acids is 1. The number of hydrogen-bond acceptors (Lipinski definition) is 5. The largest absolute Gasteiger partial charge is 0.469 e. The van der Waals surface area contributed by atoms with Gasteiger partial charge in [-0.3, -0.25) is 9.69 Å². The van der Waals surface area contributed by atoms with E-state index in [-0.39, 0.29) is 11.9 Å². The molecule has 2 heterocycles. The molecule has 6 heteroatoms. The van der Waals surface area contributed by atoms with E-state index in [1.165, 1.54) is 7.11 Å². The van der Waals surface area contributed by atoms with E-state index in [1.54, 1.807) is 6.07 Å². The van der Waals surface area contributed by atoms with Gasteiger partial charge in [0, 0.05) is 19.6 Å². The van der Waals surface area contributed by atoms with Gasteiger partial charge in [0.1, 0.15) is 0 Å². The van der Waals surface area contributed by atoms with Crippen molar-refractivity contribution in [1.29, 1.82) is 0 Å². The lowest BCUT2D eigenvalue weighted by Gasteiger charge is -2.14. The minimum atomic E-state index is -0.132. The maximum absolute atomic E-state index is 11.6. The van der Waals surface area contributed by atoms with Crippen molar-refractivity contribution in [2.24, 2.45) is 11.8 Å². The molecule has 2 rings (SSSR count). The van der Waals surface area contributed by atoms with Crippen LogP contribution in [0.2, 0.25) is 5.15 Å². The molecular formula is C12H16ClN3O2. The third-order valence-electron chi connectivity index (χ3n) is 3.26. The molecule has 0 radical (unpaired) electrons. The number of rotatable bonds is 3. The molecule has 1 aromatic heterocycles. The maximum atomic E-state index is 11.6. The van der Waals surface area contributed by atoms with Gasteiger partial charge in [-0.15, -0.1) is 5.10 Å². The van der Waals surface area contributed by atoms with E-state index in [2.05, 4.69) is 22.0 Å². The van der Waals surface area contributed by atoms with Gasteiger partial charge in [0.15, 0.2) is 5.15 Å². The van der Waals surface area contributed by atoms with Crippen molar-refractivity contribution in [3.05, 3.63) is 23.0 Å². The molecule has 2 unspecified atom stereocenters. The topological polar surface area (TPSA) is 55.3 Å². The van der Waals surface area contributed by atoms with E-state index in [4.69, 9.17) is 16.3 Å². The molecule has 0 amide bonds. The van der Waals surface area contributed by atoms with Gasteiger partial charge in [0.25, 0.3) is 0 Å². The van der Waals surface area contributed by atoms with Crippen LogP contribution >= 0.6 is 11.6 Å². The fourth-order valence-electron chi connectivity index (χ4n) is 2.31. The van der Waals surface area contributed by atoms with Crippen molar-refractivity contribution >= 4 is 17.6 Å². The fourth-order valence-corrected chi connectivity index (χ4v) is 2.41. The van der Waals surface area contributed by atoms with Crippen LogP contribution < -0.4 is 0 Å². The second-order valence-corrected chi connectivity index (χ2v) is 5.04. The van der Waals surface area contributed by atoms with E-state index < -0.39 is 0 Å².